The van der Waals surface area contributed by atoms with Crippen molar-refractivity contribution in [2.75, 3.05) is 12.4 Å². The third-order valence-electron chi connectivity index (χ3n) is 4.34. The van der Waals surface area contributed by atoms with Crippen molar-refractivity contribution in [2.24, 2.45) is 0 Å². The minimum atomic E-state index is -0.552. The number of halogens is 3. The summed E-state index contributed by atoms with van der Waals surface area (Å²) in [4.78, 5) is 12.5. The number of methoxy groups -OCH3 is 1. The molecule has 0 aliphatic rings. The Balaban J connectivity index is 1.74. The number of nitrogens with zero attached hydrogens (tertiary/aromatic N) is 1. The Kier molecular flexibility index (Phi) is 8.39. The first-order chi connectivity index (χ1) is 15.4. The van der Waals surface area contributed by atoms with Crippen LogP contribution in [0.15, 0.2) is 66.2 Å². The summed E-state index contributed by atoms with van der Waals surface area (Å²) in [6.45, 7) is 0.305. The van der Waals surface area contributed by atoms with Gasteiger partial charge in [0.1, 0.15) is 24.0 Å². The van der Waals surface area contributed by atoms with Crippen LogP contribution in [0.2, 0.25) is 10.0 Å². The molecule has 0 fully saturated rings. The highest BCUT2D eigenvalue weighted by Gasteiger charge is 2.13. The highest BCUT2D eigenvalue weighted by molar-refractivity contribution is 14.1. The zero-order chi connectivity index (χ0) is 23.1. The molecule has 0 heterocycles. The molecule has 3 rings (SSSR count). The largest absolute Gasteiger partial charge is 0.497 e. The van der Waals surface area contributed by atoms with Crippen LogP contribution < -0.4 is 14.8 Å². The topological polar surface area (TPSA) is 71.3 Å². The van der Waals surface area contributed by atoms with Gasteiger partial charge in [-0.3, -0.25) is 4.79 Å². The lowest BCUT2D eigenvalue weighted by Crippen LogP contribution is -2.13. The minimum Gasteiger partial charge on any atom is -0.497 e. The maximum Gasteiger partial charge on any atom is 0.266 e. The standard InChI is InChI=1S/C24H17Cl2IN2O3/c1-31-20-8-6-19(7-9-20)29-24(30)17(13-28)10-16-11-21(25)23(22(26)12-16)32-14-15-2-4-18(27)5-3-15/h2-12H,14H2,1H3,(H,29,30)/b17-10-. The number of nitrogens with one attached hydrogen (secondary N) is 1. The lowest BCUT2D eigenvalue weighted by Gasteiger charge is -2.11. The molecule has 3 aromatic carbocycles. The number of carbonyl (C=O) groups is 1. The van der Waals surface area contributed by atoms with E-state index in [1.165, 1.54) is 6.08 Å². The Bertz CT molecular complexity index is 1160. The van der Waals surface area contributed by atoms with E-state index in [1.54, 1.807) is 43.5 Å². The summed E-state index contributed by atoms with van der Waals surface area (Å²) < 4.78 is 12.0. The number of rotatable bonds is 7. The number of hydrogen-bond acceptors (Lipinski definition) is 4. The number of hydrogen-bond donors (Lipinski definition) is 1. The Hall–Kier alpha value is -2.73. The van der Waals surface area contributed by atoms with Crippen LogP contribution in [-0.2, 0) is 11.4 Å². The summed E-state index contributed by atoms with van der Waals surface area (Å²) >= 11 is 14.9. The number of ether oxygens (including phenoxy) is 2. The molecule has 0 saturated carbocycles. The normalized spacial score (nSPS) is 10.9. The molecular formula is C24H17Cl2IN2O3. The van der Waals surface area contributed by atoms with Gasteiger partial charge >= 0.3 is 0 Å². The lowest BCUT2D eigenvalue weighted by atomic mass is 10.1. The number of benzene rings is 3. The van der Waals surface area contributed by atoms with Crippen LogP contribution in [0.1, 0.15) is 11.1 Å². The molecule has 5 nitrogen and oxygen atoms in total. The summed E-state index contributed by atoms with van der Waals surface area (Å²) in [5.74, 6) is 0.446. The molecular weight excluding hydrogens is 562 g/mol. The number of amides is 1. The molecule has 8 heteroatoms. The van der Waals surface area contributed by atoms with E-state index in [4.69, 9.17) is 32.7 Å². The first-order valence-corrected chi connectivity index (χ1v) is 11.2. The van der Waals surface area contributed by atoms with Crippen LogP contribution >= 0.6 is 45.8 Å². The summed E-state index contributed by atoms with van der Waals surface area (Å²) in [7, 11) is 1.55. The monoisotopic (exact) mass is 578 g/mol. The molecule has 3 aromatic rings. The molecule has 0 atom stereocenters. The number of anilines is 1. The van der Waals surface area contributed by atoms with Crippen LogP contribution in [0.3, 0.4) is 0 Å². The van der Waals surface area contributed by atoms with Gasteiger partial charge in [-0.2, -0.15) is 5.26 Å². The van der Waals surface area contributed by atoms with Gasteiger partial charge in [-0.25, -0.2) is 0 Å². The fourth-order valence-electron chi connectivity index (χ4n) is 2.72. The van der Waals surface area contributed by atoms with Crippen molar-refractivity contribution in [1.29, 1.82) is 5.26 Å². The molecule has 1 amide bonds. The molecule has 0 aromatic heterocycles. The van der Waals surface area contributed by atoms with E-state index in [1.807, 2.05) is 30.3 Å². The molecule has 0 unspecified atom stereocenters. The van der Waals surface area contributed by atoms with Gasteiger partial charge in [0.25, 0.3) is 5.91 Å². The molecule has 0 aliphatic heterocycles. The summed E-state index contributed by atoms with van der Waals surface area (Å²) in [5.41, 5.74) is 1.92. The molecule has 1 N–H and O–H groups in total. The molecule has 0 spiro atoms. The highest BCUT2D eigenvalue weighted by atomic mass is 127. The average Bonchev–Trinajstić information content (AvgIpc) is 2.78. The minimum absolute atomic E-state index is 0.0968. The van der Waals surface area contributed by atoms with Crippen LogP contribution in [0.25, 0.3) is 6.08 Å². The maximum atomic E-state index is 12.5. The SMILES string of the molecule is COc1ccc(NC(=O)/C(C#N)=C\c2cc(Cl)c(OCc3ccc(I)cc3)c(Cl)c2)cc1. The first kappa shape index (κ1) is 23.9. The van der Waals surface area contributed by atoms with E-state index >= 15 is 0 Å². The quantitative estimate of drug-likeness (QED) is 0.192. The van der Waals surface area contributed by atoms with Crippen LogP contribution in [0.5, 0.6) is 11.5 Å². The Labute approximate surface area is 209 Å². The third-order valence-corrected chi connectivity index (χ3v) is 5.62. The van der Waals surface area contributed by atoms with E-state index < -0.39 is 5.91 Å². The van der Waals surface area contributed by atoms with Crippen LogP contribution in [-0.4, -0.2) is 13.0 Å². The molecule has 0 bridgehead atoms. The molecule has 32 heavy (non-hydrogen) atoms. The summed E-state index contributed by atoms with van der Waals surface area (Å²) in [6, 6.07) is 19.7. The summed E-state index contributed by atoms with van der Waals surface area (Å²) in [5, 5.41) is 12.7. The Morgan fingerprint density at radius 1 is 1.09 bits per heavy atom. The predicted molar refractivity (Wildman–Crippen MR) is 135 cm³/mol. The molecule has 162 valence electrons. The zero-order valence-electron chi connectivity index (χ0n) is 16.9. The van der Waals surface area contributed by atoms with Gasteiger partial charge in [0.2, 0.25) is 0 Å². The molecule has 0 aliphatic carbocycles. The van der Waals surface area contributed by atoms with Gasteiger partial charge < -0.3 is 14.8 Å². The van der Waals surface area contributed by atoms with E-state index in [-0.39, 0.29) is 15.6 Å². The van der Waals surface area contributed by atoms with Crippen LogP contribution in [0, 0.1) is 14.9 Å². The fraction of sp³-hybridized carbons (Fsp3) is 0.0833. The molecule has 0 saturated heterocycles. The fourth-order valence-corrected chi connectivity index (χ4v) is 3.70. The van der Waals surface area contributed by atoms with Gasteiger partial charge in [0.15, 0.2) is 5.75 Å². The third kappa shape index (κ3) is 6.39. The van der Waals surface area contributed by atoms with Crippen molar-refractivity contribution in [2.45, 2.75) is 6.61 Å². The first-order valence-electron chi connectivity index (χ1n) is 9.33. The van der Waals surface area contributed by atoms with Gasteiger partial charge in [-0.1, -0.05) is 35.3 Å². The smallest absolute Gasteiger partial charge is 0.266 e. The van der Waals surface area contributed by atoms with Crippen molar-refractivity contribution >= 4 is 63.5 Å². The van der Waals surface area contributed by atoms with E-state index in [2.05, 4.69) is 27.9 Å². The second-order valence-electron chi connectivity index (χ2n) is 6.58. The van der Waals surface area contributed by atoms with Crippen molar-refractivity contribution in [1.82, 2.24) is 0 Å². The van der Waals surface area contributed by atoms with Crippen molar-refractivity contribution < 1.29 is 14.3 Å². The van der Waals surface area contributed by atoms with Crippen LogP contribution in [0.4, 0.5) is 5.69 Å². The zero-order valence-corrected chi connectivity index (χ0v) is 20.5. The van der Waals surface area contributed by atoms with E-state index in [0.29, 0.717) is 29.4 Å². The van der Waals surface area contributed by atoms with Gasteiger partial charge in [0.05, 0.1) is 17.2 Å². The van der Waals surface area contributed by atoms with Crippen molar-refractivity contribution in [3.05, 3.63) is 91.0 Å². The summed E-state index contributed by atoms with van der Waals surface area (Å²) in [6.07, 6.45) is 1.42. The van der Waals surface area contributed by atoms with Gasteiger partial charge in [-0.15, -0.1) is 0 Å². The highest BCUT2D eigenvalue weighted by Crippen LogP contribution is 2.35. The Morgan fingerprint density at radius 3 is 2.28 bits per heavy atom. The molecule has 0 radical (unpaired) electrons. The van der Waals surface area contributed by atoms with Crippen molar-refractivity contribution in [3.8, 4) is 17.6 Å². The van der Waals surface area contributed by atoms with E-state index in [0.717, 1.165) is 9.13 Å². The average molecular weight is 579 g/mol. The second kappa shape index (κ2) is 11.2. The predicted octanol–water partition coefficient (Wildman–Crippen LogP) is 6.73. The van der Waals surface area contributed by atoms with Gasteiger partial charge in [0, 0.05) is 9.26 Å². The second-order valence-corrected chi connectivity index (χ2v) is 8.64. The van der Waals surface area contributed by atoms with Gasteiger partial charge in [-0.05, 0) is 88.3 Å². The van der Waals surface area contributed by atoms with Crippen molar-refractivity contribution in [3.63, 3.8) is 0 Å². The number of nitriles is 1. The number of carbonyl (C=O) groups excluding carboxylic acids is 1. The Morgan fingerprint density at radius 2 is 1.72 bits per heavy atom. The lowest BCUT2D eigenvalue weighted by molar-refractivity contribution is -0.112. The van der Waals surface area contributed by atoms with E-state index in [9.17, 15) is 10.1 Å². The maximum absolute atomic E-state index is 12.5.